The number of nitrogens with one attached hydrogen (secondary N) is 2. The second kappa shape index (κ2) is 9.37. The molecule has 2 aromatic heterocycles. The third-order valence-corrected chi connectivity index (χ3v) is 6.87. The van der Waals surface area contributed by atoms with Crippen LogP contribution < -0.4 is 10.6 Å². The zero-order valence-electron chi connectivity index (χ0n) is 18.6. The molecule has 0 unspecified atom stereocenters. The van der Waals surface area contributed by atoms with Gasteiger partial charge in [-0.1, -0.05) is 5.16 Å². The van der Waals surface area contributed by atoms with Gasteiger partial charge in [0.25, 0.3) is 11.8 Å². The summed E-state index contributed by atoms with van der Waals surface area (Å²) in [6, 6.07) is 0. The van der Waals surface area contributed by atoms with Gasteiger partial charge >= 0.3 is 5.97 Å². The lowest BCUT2D eigenvalue weighted by Gasteiger charge is -2.43. The summed E-state index contributed by atoms with van der Waals surface area (Å²) in [5.74, 6) is -0.902. The molecule has 1 fully saturated rings. The van der Waals surface area contributed by atoms with Gasteiger partial charge in [-0.05, 0) is 31.7 Å². The van der Waals surface area contributed by atoms with Crippen LogP contribution in [0.5, 0.6) is 0 Å². The van der Waals surface area contributed by atoms with Crippen molar-refractivity contribution in [2.75, 3.05) is 43.9 Å². The van der Waals surface area contributed by atoms with Crippen molar-refractivity contribution in [1.29, 1.82) is 0 Å². The Balaban J connectivity index is 1.75. The molecule has 11 heteroatoms. The largest absolute Gasteiger partial charge is 0.465 e. The van der Waals surface area contributed by atoms with Crippen LogP contribution >= 0.6 is 11.3 Å². The van der Waals surface area contributed by atoms with Crippen LogP contribution in [0, 0.1) is 13.8 Å². The van der Waals surface area contributed by atoms with Crippen LogP contribution in [0.2, 0.25) is 0 Å². The Morgan fingerprint density at radius 2 is 1.81 bits per heavy atom. The number of aryl methyl sites for hydroxylation is 2. The number of amides is 2. The zero-order chi connectivity index (χ0) is 23.5. The Hall–Kier alpha value is -2.79. The Labute approximate surface area is 189 Å². The normalized spacial score (nSPS) is 22.9. The summed E-state index contributed by atoms with van der Waals surface area (Å²) in [5, 5.41) is 11.0. The molecule has 3 rings (SSSR count). The summed E-state index contributed by atoms with van der Waals surface area (Å²) < 4.78 is 24.2. The molecule has 3 heterocycles. The highest BCUT2D eigenvalue weighted by molar-refractivity contribution is 7.12. The van der Waals surface area contributed by atoms with Crippen molar-refractivity contribution < 1.29 is 32.5 Å². The summed E-state index contributed by atoms with van der Waals surface area (Å²) in [5.41, 5.74) is 0.491. The maximum Gasteiger partial charge on any atom is 0.350 e. The van der Waals surface area contributed by atoms with Crippen molar-refractivity contribution >= 4 is 40.6 Å². The monoisotopic (exact) mass is 467 g/mol. The number of halogens is 1. The topological polar surface area (TPSA) is 111 Å². The van der Waals surface area contributed by atoms with Gasteiger partial charge in [0.2, 0.25) is 0 Å². The number of methoxy groups -OCH3 is 1. The SMILES string of the molecule is COC(=O)c1scc(C)c1NC(=O)C[N+]1(CC(=O)Nc2nocc2C)CCC(C)(F)CC1. The molecule has 9 nitrogen and oxygen atoms in total. The van der Waals surface area contributed by atoms with E-state index < -0.39 is 11.6 Å². The van der Waals surface area contributed by atoms with Gasteiger partial charge in [0.1, 0.15) is 16.8 Å². The third kappa shape index (κ3) is 5.52. The van der Waals surface area contributed by atoms with Crippen molar-refractivity contribution in [2.45, 2.75) is 39.3 Å². The van der Waals surface area contributed by atoms with Crippen molar-refractivity contribution in [3.8, 4) is 0 Å². The Kier molecular flexibility index (Phi) is 6.99. The average Bonchev–Trinajstić information content (AvgIpc) is 3.29. The number of piperidine rings is 1. The van der Waals surface area contributed by atoms with Gasteiger partial charge in [-0.25, -0.2) is 9.18 Å². The number of esters is 1. The van der Waals surface area contributed by atoms with Crippen molar-refractivity contribution in [3.63, 3.8) is 0 Å². The highest BCUT2D eigenvalue weighted by atomic mass is 32.1. The number of aromatic nitrogens is 1. The molecule has 0 radical (unpaired) electrons. The number of hydrogen-bond donors (Lipinski definition) is 2. The molecule has 1 aliphatic heterocycles. The van der Waals surface area contributed by atoms with E-state index in [0.717, 1.165) is 5.56 Å². The first-order valence-corrected chi connectivity index (χ1v) is 11.1. The average molecular weight is 468 g/mol. The molecule has 1 saturated heterocycles. The van der Waals surface area contributed by atoms with Gasteiger partial charge in [-0.2, -0.15) is 0 Å². The van der Waals surface area contributed by atoms with Gasteiger partial charge in [-0.15, -0.1) is 11.3 Å². The van der Waals surface area contributed by atoms with Crippen LogP contribution in [0.15, 0.2) is 16.2 Å². The van der Waals surface area contributed by atoms with Gasteiger partial charge < -0.3 is 24.4 Å². The zero-order valence-corrected chi connectivity index (χ0v) is 19.4. The van der Waals surface area contributed by atoms with Crippen LogP contribution in [-0.4, -0.2) is 66.4 Å². The molecule has 2 amide bonds. The lowest BCUT2D eigenvalue weighted by molar-refractivity contribution is -0.919. The van der Waals surface area contributed by atoms with Gasteiger partial charge in [0.15, 0.2) is 18.9 Å². The second-order valence-corrected chi connectivity index (χ2v) is 9.46. The van der Waals surface area contributed by atoms with Crippen LogP contribution in [0.1, 0.15) is 40.6 Å². The first-order valence-electron chi connectivity index (χ1n) is 10.3. The standard InChI is InChI=1S/C21H27FN4O5S/c1-13-11-31-25-19(13)24-16(28)10-26(7-5-21(3,22)6-8-26)9-15(27)23-17-14(2)12-32-18(17)20(29)30-4/h11-12H,5-10H2,1-4H3,(H-,23,24,25,27,28,29)/p+1. The van der Waals surface area contributed by atoms with E-state index in [1.165, 1.54) is 31.6 Å². The number of hydrogen-bond acceptors (Lipinski definition) is 7. The molecule has 174 valence electrons. The molecular weight excluding hydrogens is 439 g/mol. The van der Waals surface area contributed by atoms with Gasteiger partial charge in [0.05, 0.1) is 25.9 Å². The van der Waals surface area contributed by atoms with E-state index in [1.807, 2.05) is 0 Å². The number of ether oxygens (including phenoxy) is 1. The highest BCUT2D eigenvalue weighted by Crippen LogP contribution is 2.31. The second-order valence-electron chi connectivity index (χ2n) is 8.58. The lowest BCUT2D eigenvalue weighted by atomic mass is 9.93. The first-order chi connectivity index (χ1) is 15.0. The molecule has 0 atom stereocenters. The van der Waals surface area contributed by atoms with Crippen LogP contribution in [-0.2, 0) is 14.3 Å². The minimum atomic E-state index is -1.33. The number of carbonyl (C=O) groups is 3. The van der Waals surface area contributed by atoms with Gasteiger partial charge in [0, 0.05) is 18.4 Å². The van der Waals surface area contributed by atoms with Crippen molar-refractivity contribution in [1.82, 2.24) is 5.16 Å². The number of anilines is 2. The van der Waals surface area contributed by atoms with Crippen LogP contribution in [0.25, 0.3) is 0 Å². The fourth-order valence-corrected chi connectivity index (χ4v) is 4.68. The number of thiophene rings is 1. The number of alkyl halides is 1. The van der Waals surface area contributed by atoms with E-state index in [2.05, 4.69) is 15.8 Å². The van der Waals surface area contributed by atoms with E-state index in [9.17, 15) is 18.8 Å². The van der Waals surface area contributed by atoms with E-state index in [-0.39, 0.29) is 42.2 Å². The summed E-state index contributed by atoms with van der Waals surface area (Å²) in [4.78, 5) is 38.0. The predicted octanol–water partition coefficient (Wildman–Crippen LogP) is 3.06. The Morgan fingerprint density at radius 1 is 1.19 bits per heavy atom. The molecule has 0 aliphatic carbocycles. The van der Waals surface area contributed by atoms with E-state index >= 15 is 0 Å². The van der Waals surface area contributed by atoms with E-state index in [4.69, 9.17) is 9.26 Å². The van der Waals surface area contributed by atoms with Gasteiger partial charge in [-0.3, -0.25) is 9.59 Å². The number of likely N-dealkylation sites (tertiary alicyclic amines) is 1. The summed E-state index contributed by atoms with van der Waals surface area (Å²) in [7, 11) is 1.28. The summed E-state index contributed by atoms with van der Waals surface area (Å²) >= 11 is 1.19. The maximum atomic E-state index is 14.5. The van der Waals surface area contributed by atoms with Crippen molar-refractivity contribution in [3.05, 3.63) is 27.6 Å². The summed E-state index contributed by atoms with van der Waals surface area (Å²) in [6.45, 7) is 5.69. The number of rotatable bonds is 7. The molecule has 0 aromatic carbocycles. The first kappa shape index (κ1) is 23.9. The Morgan fingerprint density at radius 3 is 2.38 bits per heavy atom. The maximum absolute atomic E-state index is 14.5. The van der Waals surface area contributed by atoms with Crippen LogP contribution in [0.4, 0.5) is 15.9 Å². The molecule has 2 aromatic rings. The minimum absolute atomic E-state index is 0.0116. The van der Waals surface area contributed by atoms with Crippen molar-refractivity contribution in [2.24, 2.45) is 0 Å². The van der Waals surface area contributed by atoms with E-state index in [1.54, 1.807) is 19.2 Å². The number of carbonyl (C=O) groups excluding carboxylic acids is 3. The molecule has 0 bridgehead atoms. The van der Waals surface area contributed by atoms with Crippen LogP contribution in [0.3, 0.4) is 0 Å². The fraction of sp³-hybridized carbons (Fsp3) is 0.524. The molecule has 0 spiro atoms. The molecule has 0 saturated carbocycles. The fourth-order valence-electron chi connectivity index (χ4n) is 3.76. The number of quaternary nitrogens is 1. The van der Waals surface area contributed by atoms with E-state index in [0.29, 0.717) is 35.0 Å². The quantitative estimate of drug-likeness (QED) is 0.478. The Bertz CT molecular complexity index is 1010. The third-order valence-electron chi connectivity index (χ3n) is 5.79. The molecule has 1 aliphatic rings. The molecular formula is C21H28FN4O5S+. The highest BCUT2D eigenvalue weighted by Gasteiger charge is 2.43. The lowest BCUT2D eigenvalue weighted by Crippen LogP contribution is -2.61. The molecule has 2 N–H and O–H groups in total. The molecule has 32 heavy (non-hydrogen) atoms. The predicted molar refractivity (Wildman–Crippen MR) is 117 cm³/mol. The minimum Gasteiger partial charge on any atom is -0.465 e. The smallest absolute Gasteiger partial charge is 0.350 e. The summed E-state index contributed by atoms with van der Waals surface area (Å²) in [6.07, 6.45) is 1.90. The number of nitrogens with zero attached hydrogens (tertiary/aromatic N) is 2.